The highest BCUT2D eigenvalue weighted by atomic mass is 35.5. The van der Waals surface area contributed by atoms with Crippen molar-refractivity contribution >= 4 is 52.4 Å². The first kappa shape index (κ1) is 21.7. The summed E-state index contributed by atoms with van der Waals surface area (Å²) in [6, 6.07) is 11.1. The lowest BCUT2D eigenvalue weighted by Gasteiger charge is -2.16. The summed E-state index contributed by atoms with van der Waals surface area (Å²) in [5, 5.41) is 6.12. The molecule has 0 atom stereocenters. The van der Waals surface area contributed by atoms with E-state index in [0.717, 1.165) is 0 Å². The predicted octanol–water partition coefficient (Wildman–Crippen LogP) is 3.29. The molecule has 9 heteroatoms. The van der Waals surface area contributed by atoms with Gasteiger partial charge in [-0.25, -0.2) is 4.79 Å². The molecular formula is C19H19Cl2N3O4. The zero-order valence-corrected chi connectivity index (χ0v) is 16.8. The normalized spacial score (nSPS) is 10.5. The molecule has 2 N–H and O–H groups in total. The Morgan fingerprint density at radius 1 is 0.893 bits per heavy atom. The Morgan fingerprint density at radius 2 is 1.43 bits per heavy atom. The summed E-state index contributed by atoms with van der Waals surface area (Å²) < 4.78 is 4.62. The van der Waals surface area contributed by atoms with Gasteiger partial charge in [-0.05, 0) is 49.5 Å². The van der Waals surface area contributed by atoms with Crippen molar-refractivity contribution < 1.29 is 19.1 Å². The fourth-order valence-corrected chi connectivity index (χ4v) is 2.63. The smallest absolute Gasteiger partial charge is 0.337 e. The van der Waals surface area contributed by atoms with Crippen molar-refractivity contribution in [2.24, 2.45) is 0 Å². The van der Waals surface area contributed by atoms with Gasteiger partial charge in [0.2, 0.25) is 11.8 Å². The van der Waals surface area contributed by atoms with Gasteiger partial charge < -0.3 is 15.4 Å². The first-order valence-electron chi connectivity index (χ1n) is 8.20. The molecule has 0 saturated heterocycles. The van der Waals surface area contributed by atoms with Gasteiger partial charge in [-0.15, -0.1) is 0 Å². The number of carbonyl (C=O) groups is 3. The van der Waals surface area contributed by atoms with Crippen LogP contribution in [0.4, 0.5) is 11.4 Å². The molecule has 7 nitrogen and oxygen atoms in total. The predicted molar refractivity (Wildman–Crippen MR) is 109 cm³/mol. The summed E-state index contributed by atoms with van der Waals surface area (Å²) in [6.07, 6.45) is 0. The summed E-state index contributed by atoms with van der Waals surface area (Å²) in [7, 11) is 2.94. The van der Waals surface area contributed by atoms with Crippen molar-refractivity contribution in [1.82, 2.24) is 4.90 Å². The fraction of sp³-hybridized carbons (Fsp3) is 0.211. The number of hydrogen-bond donors (Lipinski definition) is 2. The summed E-state index contributed by atoms with van der Waals surface area (Å²) in [5.74, 6) is -1.04. The number of hydrogen-bond acceptors (Lipinski definition) is 5. The zero-order chi connectivity index (χ0) is 20.7. The number of nitrogens with zero attached hydrogens (tertiary/aromatic N) is 1. The summed E-state index contributed by atoms with van der Waals surface area (Å²) >= 11 is 11.7. The molecule has 0 saturated carbocycles. The van der Waals surface area contributed by atoms with Crippen molar-refractivity contribution in [1.29, 1.82) is 0 Å². The van der Waals surface area contributed by atoms with Gasteiger partial charge in [-0.2, -0.15) is 0 Å². The number of rotatable bonds is 7. The quantitative estimate of drug-likeness (QED) is 0.667. The summed E-state index contributed by atoms with van der Waals surface area (Å²) in [6.45, 7) is 0.0164. The fourth-order valence-electron chi connectivity index (χ4n) is 2.33. The number of likely N-dealkylation sites (N-methyl/N-ethyl adjacent to an activating group) is 1. The second-order valence-corrected chi connectivity index (χ2v) is 6.78. The third-order valence-electron chi connectivity index (χ3n) is 3.62. The van der Waals surface area contributed by atoms with E-state index in [4.69, 9.17) is 23.2 Å². The minimum absolute atomic E-state index is 0.00749. The van der Waals surface area contributed by atoms with Crippen LogP contribution < -0.4 is 10.6 Å². The Hall–Kier alpha value is -2.61. The van der Waals surface area contributed by atoms with Crippen LogP contribution in [0.3, 0.4) is 0 Å². The molecule has 0 spiro atoms. The average Bonchev–Trinajstić information content (AvgIpc) is 2.64. The van der Waals surface area contributed by atoms with Gasteiger partial charge in [0.25, 0.3) is 0 Å². The molecule has 0 bridgehead atoms. The number of ether oxygens (including phenoxy) is 1. The van der Waals surface area contributed by atoms with Crippen LogP contribution >= 0.6 is 23.2 Å². The van der Waals surface area contributed by atoms with Crippen molar-refractivity contribution in [3.8, 4) is 0 Å². The number of esters is 1. The van der Waals surface area contributed by atoms with Gasteiger partial charge in [-0.1, -0.05) is 23.2 Å². The number of benzene rings is 2. The van der Waals surface area contributed by atoms with Gasteiger partial charge in [0.05, 0.1) is 35.8 Å². The summed E-state index contributed by atoms with van der Waals surface area (Å²) in [5.41, 5.74) is 1.44. The maximum absolute atomic E-state index is 12.1. The minimum atomic E-state index is -0.453. The van der Waals surface area contributed by atoms with E-state index < -0.39 is 5.97 Å². The van der Waals surface area contributed by atoms with Crippen molar-refractivity contribution in [3.05, 3.63) is 58.1 Å². The number of nitrogens with one attached hydrogen (secondary N) is 2. The molecule has 0 aliphatic heterocycles. The average molecular weight is 424 g/mol. The van der Waals surface area contributed by atoms with Crippen LogP contribution in [-0.2, 0) is 14.3 Å². The number of anilines is 2. The number of carbonyl (C=O) groups excluding carboxylic acids is 3. The molecule has 2 aromatic rings. The topological polar surface area (TPSA) is 87.7 Å². The Morgan fingerprint density at radius 3 is 1.96 bits per heavy atom. The molecule has 148 valence electrons. The highest BCUT2D eigenvalue weighted by Gasteiger charge is 2.12. The second kappa shape index (κ2) is 10.1. The maximum Gasteiger partial charge on any atom is 0.337 e. The van der Waals surface area contributed by atoms with Gasteiger partial charge in [-0.3, -0.25) is 14.5 Å². The summed E-state index contributed by atoms with van der Waals surface area (Å²) in [4.78, 5) is 37.1. The highest BCUT2D eigenvalue weighted by molar-refractivity contribution is 6.42. The third kappa shape index (κ3) is 6.53. The zero-order valence-electron chi connectivity index (χ0n) is 15.3. The maximum atomic E-state index is 12.1. The molecule has 0 heterocycles. The van der Waals surface area contributed by atoms with Gasteiger partial charge in [0.15, 0.2) is 0 Å². The number of halogens is 2. The molecule has 0 aliphatic rings. The van der Waals surface area contributed by atoms with E-state index in [9.17, 15) is 14.4 Å². The molecule has 0 unspecified atom stereocenters. The standard InChI is InChI=1S/C19H19Cl2N3O4/c1-24(11-18(26)23-14-7-8-15(20)16(21)9-14)10-17(25)22-13-5-3-12(4-6-13)19(27)28-2/h3-9H,10-11H2,1-2H3,(H,22,25)(H,23,26). The van der Waals surface area contributed by atoms with Crippen LogP contribution in [0, 0.1) is 0 Å². The largest absolute Gasteiger partial charge is 0.465 e. The van der Waals surface area contributed by atoms with Crippen LogP contribution in [0.1, 0.15) is 10.4 Å². The molecule has 2 amide bonds. The second-order valence-electron chi connectivity index (χ2n) is 5.97. The SMILES string of the molecule is COC(=O)c1ccc(NC(=O)CN(C)CC(=O)Nc2ccc(Cl)c(Cl)c2)cc1. The Bertz CT molecular complexity index is 872. The Balaban J connectivity index is 1.82. The van der Waals surface area contributed by atoms with Gasteiger partial charge in [0.1, 0.15) is 0 Å². The van der Waals surface area contributed by atoms with Crippen molar-refractivity contribution in [2.45, 2.75) is 0 Å². The third-order valence-corrected chi connectivity index (χ3v) is 4.36. The van der Waals surface area contributed by atoms with Crippen LogP contribution in [0.25, 0.3) is 0 Å². The van der Waals surface area contributed by atoms with E-state index in [1.54, 1.807) is 54.4 Å². The minimum Gasteiger partial charge on any atom is -0.465 e. The molecule has 28 heavy (non-hydrogen) atoms. The van der Waals surface area contributed by atoms with Gasteiger partial charge >= 0.3 is 5.97 Å². The van der Waals surface area contributed by atoms with E-state index in [1.165, 1.54) is 7.11 Å². The van der Waals surface area contributed by atoms with E-state index in [-0.39, 0.29) is 24.9 Å². The molecule has 0 radical (unpaired) electrons. The van der Waals surface area contributed by atoms with E-state index in [2.05, 4.69) is 15.4 Å². The van der Waals surface area contributed by atoms with E-state index in [1.807, 2.05) is 0 Å². The molecule has 0 aromatic heterocycles. The lowest BCUT2D eigenvalue weighted by molar-refractivity contribution is -0.119. The van der Waals surface area contributed by atoms with E-state index in [0.29, 0.717) is 27.0 Å². The molecule has 0 fully saturated rings. The molecule has 2 aromatic carbocycles. The molecule has 0 aliphatic carbocycles. The van der Waals surface area contributed by atoms with Crippen LogP contribution in [0.15, 0.2) is 42.5 Å². The van der Waals surface area contributed by atoms with Gasteiger partial charge in [0, 0.05) is 11.4 Å². The Kier molecular flexibility index (Phi) is 7.80. The van der Waals surface area contributed by atoms with Crippen LogP contribution in [-0.4, -0.2) is 49.9 Å². The lowest BCUT2D eigenvalue weighted by Crippen LogP contribution is -2.36. The van der Waals surface area contributed by atoms with Crippen molar-refractivity contribution in [3.63, 3.8) is 0 Å². The molecular weight excluding hydrogens is 405 g/mol. The number of amides is 2. The van der Waals surface area contributed by atoms with E-state index >= 15 is 0 Å². The molecule has 2 rings (SSSR count). The lowest BCUT2D eigenvalue weighted by atomic mass is 10.2. The monoisotopic (exact) mass is 423 g/mol. The van der Waals surface area contributed by atoms with Crippen LogP contribution in [0.2, 0.25) is 10.0 Å². The van der Waals surface area contributed by atoms with Crippen LogP contribution in [0.5, 0.6) is 0 Å². The van der Waals surface area contributed by atoms with Crippen molar-refractivity contribution in [2.75, 3.05) is 37.9 Å². The first-order chi connectivity index (χ1) is 13.3. The first-order valence-corrected chi connectivity index (χ1v) is 8.95. The highest BCUT2D eigenvalue weighted by Crippen LogP contribution is 2.24. The Labute approximate surface area is 172 Å². The number of methoxy groups -OCH3 is 1.